The Morgan fingerprint density at radius 2 is 2.07 bits per heavy atom. The van der Waals surface area contributed by atoms with E-state index >= 15 is 0 Å². The number of furan rings is 1. The lowest BCUT2D eigenvalue weighted by molar-refractivity contribution is -0.133. The minimum atomic E-state index is 0.0394. The average Bonchev–Trinajstić information content (AvgIpc) is 3.20. The van der Waals surface area contributed by atoms with Gasteiger partial charge in [0.15, 0.2) is 0 Å². The van der Waals surface area contributed by atoms with E-state index < -0.39 is 0 Å². The molecule has 2 aromatic heterocycles. The molecule has 5 heteroatoms. The zero-order chi connectivity index (χ0) is 18.6. The summed E-state index contributed by atoms with van der Waals surface area (Å²) in [6.07, 6.45) is 8.80. The molecule has 0 unspecified atom stereocenters. The van der Waals surface area contributed by atoms with Gasteiger partial charge < -0.3 is 13.9 Å². The van der Waals surface area contributed by atoms with Crippen molar-refractivity contribution in [1.82, 2.24) is 14.5 Å². The molecule has 140 valence electrons. The quantitative estimate of drug-likeness (QED) is 0.609. The molecule has 0 aliphatic heterocycles. The lowest BCUT2D eigenvalue weighted by Crippen LogP contribution is -2.34. The number of benzene rings is 1. The Morgan fingerprint density at radius 3 is 2.70 bits per heavy atom. The number of aromatic nitrogens is 2. The fourth-order valence-corrected chi connectivity index (χ4v) is 3.53. The molecule has 1 aliphatic rings. The molecule has 2 heterocycles. The van der Waals surface area contributed by atoms with Crippen molar-refractivity contribution in [3.8, 4) is 0 Å². The van der Waals surface area contributed by atoms with Crippen molar-refractivity contribution in [2.45, 2.75) is 44.2 Å². The highest BCUT2D eigenvalue weighted by Gasteiger charge is 2.34. The molecule has 5 nitrogen and oxygen atoms in total. The van der Waals surface area contributed by atoms with E-state index in [2.05, 4.69) is 17.1 Å². The third kappa shape index (κ3) is 4.30. The summed E-state index contributed by atoms with van der Waals surface area (Å²) >= 11 is 0. The van der Waals surface area contributed by atoms with Crippen LogP contribution >= 0.6 is 0 Å². The number of amides is 1. The topological polar surface area (TPSA) is 51.3 Å². The molecule has 1 atom stereocenters. The number of rotatable bonds is 8. The molecule has 1 fully saturated rings. The summed E-state index contributed by atoms with van der Waals surface area (Å²) in [4.78, 5) is 19.6. The van der Waals surface area contributed by atoms with Gasteiger partial charge in [-0.2, -0.15) is 0 Å². The minimum Gasteiger partial charge on any atom is -0.469 e. The van der Waals surface area contributed by atoms with Crippen LogP contribution in [0.5, 0.6) is 0 Å². The lowest BCUT2D eigenvalue weighted by Gasteiger charge is -2.24. The van der Waals surface area contributed by atoms with Crippen LogP contribution in [-0.4, -0.2) is 26.4 Å². The summed E-state index contributed by atoms with van der Waals surface area (Å²) < 4.78 is 7.65. The molecule has 1 aliphatic carbocycles. The van der Waals surface area contributed by atoms with Crippen molar-refractivity contribution >= 4 is 5.91 Å². The molecule has 3 aromatic rings. The van der Waals surface area contributed by atoms with Crippen molar-refractivity contribution in [3.05, 3.63) is 78.3 Å². The van der Waals surface area contributed by atoms with Gasteiger partial charge in [-0.15, -0.1) is 0 Å². The van der Waals surface area contributed by atoms with Crippen LogP contribution in [0.25, 0.3) is 0 Å². The number of hydrogen-bond donors (Lipinski definition) is 0. The van der Waals surface area contributed by atoms with Gasteiger partial charge in [0.1, 0.15) is 11.6 Å². The van der Waals surface area contributed by atoms with Gasteiger partial charge in [0.25, 0.3) is 0 Å². The van der Waals surface area contributed by atoms with E-state index in [9.17, 15) is 4.79 Å². The molecular weight excluding hydrogens is 338 g/mol. The Labute approximate surface area is 159 Å². The third-order valence-corrected chi connectivity index (χ3v) is 5.23. The average molecular weight is 363 g/mol. The molecule has 4 rings (SSSR count). The second kappa shape index (κ2) is 7.82. The van der Waals surface area contributed by atoms with E-state index in [4.69, 9.17) is 4.42 Å². The second-order valence-corrected chi connectivity index (χ2v) is 7.31. The van der Waals surface area contributed by atoms with Crippen molar-refractivity contribution in [2.24, 2.45) is 7.05 Å². The van der Waals surface area contributed by atoms with Crippen LogP contribution in [0.4, 0.5) is 0 Å². The first kappa shape index (κ1) is 17.6. The summed E-state index contributed by atoms with van der Waals surface area (Å²) in [7, 11) is 1.97. The van der Waals surface area contributed by atoms with E-state index in [0.717, 1.165) is 30.8 Å². The van der Waals surface area contributed by atoms with Gasteiger partial charge in [0, 0.05) is 37.8 Å². The summed E-state index contributed by atoms with van der Waals surface area (Å²) in [5.74, 6) is 2.02. The van der Waals surface area contributed by atoms with Crippen molar-refractivity contribution in [1.29, 1.82) is 0 Å². The van der Waals surface area contributed by atoms with Gasteiger partial charge in [-0.05, 0) is 37.0 Å². The highest BCUT2D eigenvalue weighted by Crippen LogP contribution is 2.32. The van der Waals surface area contributed by atoms with Crippen LogP contribution in [-0.2, 0) is 24.8 Å². The Bertz CT molecular complexity index is 866. The summed E-state index contributed by atoms with van der Waals surface area (Å²) in [6.45, 7) is 0.573. The number of hydrogen-bond acceptors (Lipinski definition) is 3. The standard InChI is InChI=1S/C22H25N3O2/c1-24-12-11-23-21(24)16-25(19-9-10-19)22(26)15-18(20-8-5-13-27-20)14-17-6-3-2-4-7-17/h2-8,11-13,18-19H,9-10,14-16H2,1H3/t18-/m0/s1. The molecular formula is C22H25N3O2. The summed E-state index contributed by atoms with van der Waals surface area (Å²) in [5, 5.41) is 0. The van der Waals surface area contributed by atoms with Crippen molar-refractivity contribution in [3.63, 3.8) is 0 Å². The lowest BCUT2D eigenvalue weighted by atomic mass is 9.93. The van der Waals surface area contributed by atoms with Crippen LogP contribution < -0.4 is 0 Å². The van der Waals surface area contributed by atoms with Gasteiger partial charge in [-0.3, -0.25) is 4.79 Å². The van der Waals surface area contributed by atoms with Crippen LogP contribution in [0.1, 0.15) is 42.3 Å². The molecule has 1 amide bonds. The molecule has 0 saturated heterocycles. The Balaban J connectivity index is 1.50. The number of aryl methyl sites for hydroxylation is 1. The zero-order valence-corrected chi connectivity index (χ0v) is 15.6. The Kier molecular flexibility index (Phi) is 5.10. The molecule has 1 aromatic carbocycles. The van der Waals surface area contributed by atoms with Gasteiger partial charge in [0.2, 0.25) is 5.91 Å². The van der Waals surface area contributed by atoms with Gasteiger partial charge >= 0.3 is 0 Å². The number of carbonyl (C=O) groups excluding carboxylic acids is 1. The number of carbonyl (C=O) groups is 1. The Hall–Kier alpha value is -2.82. The first-order valence-electron chi connectivity index (χ1n) is 9.53. The molecule has 0 spiro atoms. The maximum Gasteiger partial charge on any atom is 0.223 e. The monoisotopic (exact) mass is 363 g/mol. The highest BCUT2D eigenvalue weighted by atomic mass is 16.3. The minimum absolute atomic E-state index is 0.0394. The predicted molar refractivity (Wildman–Crippen MR) is 103 cm³/mol. The van der Waals surface area contributed by atoms with Crippen LogP contribution in [0.15, 0.2) is 65.5 Å². The van der Waals surface area contributed by atoms with Crippen LogP contribution in [0.3, 0.4) is 0 Å². The molecule has 1 saturated carbocycles. The van der Waals surface area contributed by atoms with Gasteiger partial charge in [0.05, 0.1) is 12.8 Å². The van der Waals surface area contributed by atoms with E-state index in [-0.39, 0.29) is 11.8 Å². The normalized spacial score (nSPS) is 14.9. The van der Waals surface area contributed by atoms with Gasteiger partial charge in [-0.25, -0.2) is 4.98 Å². The SMILES string of the molecule is Cn1ccnc1CN(C(=O)C[C@H](Cc1ccccc1)c1ccco1)C1CC1. The molecule has 0 N–H and O–H groups in total. The fraction of sp³-hybridized carbons (Fsp3) is 0.364. The smallest absolute Gasteiger partial charge is 0.223 e. The Morgan fingerprint density at radius 1 is 1.26 bits per heavy atom. The summed E-state index contributed by atoms with van der Waals surface area (Å²) in [6, 6.07) is 14.5. The predicted octanol–water partition coefficient (Wildman–Crippen LogP) is 3.92. The van der Waals surface area contributed by atoms with Crippen LogP contribution in [0, 0.1) is 0 Å². The number of imidazole rings is 1. The van der Waals surface area contributed by atoms with E-state index in [0.29, 0.717) is 19.0 Å². The zero-order valence-electron chi connectivity index (χ0n) is 15.6. The second-order valence-electron chi connectivity index (χ2n) is 7.31. The third-order valence-electron chi connectivity index (χ3n) is 5.23. The van der Waals surface area contributed by atoms with Crippen molar-refractivity contribution in [2.75, 3.05) is 0 Å². The maximum absolute atomic E-state index is 13.2. The first-order chi connectivity index (χ1) is 13.2. The largest absolute Gasteiger partial charge is 0.469 e. The molecule has 27 heavy (non-hydrogen) atoms. The van der Waals surface area contributed by atoms with Crippen LogP contribution in [0.2, 0.25) is 0 Å². The van der Waals surface area contributed by atoms with E-state index in [1.54, 1.807) is 12.5 Å². The first-order valence-corrected chi connectivity index (χ1v) is 9.53. The van der Waals surface area contributed by atoms with E-state index in [1.807, 2.05) is 53.0 Å². The number of nitrogens with zero attached hydrogens (tertiary/aromatic N) is 3. The van der Waals surface area contributed by atoms with E-state index in [1.165, 1.54) is 5.56 Å². The molecule has 0 radical (unpaired) electrons. The molecule has 0 bridgehead atoms. The summed E-state index contributed by atoms with van der Waals surface area (Å²) in [5.41, 5.74) is 1.22. The van der Waals surface area contributed by atoms with Gasteiger partial charge in [-0.1, -0.05) is 30.3 Å². The fourth-order valence-electron chi connectivity index (χ4n) is 3.53. The maximum atomic E-state index is 13.2. The highest BCUT2D eigenvalue weighted by molar-refractivity contribution is 5.77. The van der Waals surface area contributed by atoms with Crippen molar-refractivity contribution < 1.29 is 9.21 Å².